The SMILES string of the molecule is CCNC(=O)C1CC(=O)Nc2nc(N3CCCC(C(=O)OCC)C3)[nH]c(=O)c21. The standard InChI is InChI=1S/C18H25N5O5/c1-3-19-15(25)11-8-12(24)20-14-13(11)16(26)22-18(21-14)23-7-5-6-10(9-23)17(27)28-4-2/h10-11H,3-9H2,1-2H3,(H,19,25)(H2,20,21,22,24,26). The van der Waals surface area contributed by atoms with Crippen LogP contribution in [0.5, 0.6) is 0 Å². The third-order valence-electron chi connectivity index (χ3n) is 4.95. The number of hydrogen-bond acceptors (Lipinski definition) is 7. The minimum atomic E-state index is -0.873. The summed E-state index contributed by atoms with van der Waals surface area (Å²) in [6.07, 6.45) is 1.36. The summed E-state index contributed by atoms with van der Waals surface area (Å²) < 4.78 is 5.10. The zero-order chi connectivity index (χ0) is 20.3. The lowest BCUT2D eigenvalue weighted by Crippen LogP contribution is -2.43. The normalized spacial score (nSPS) is 21.5. The lowest BCUT2D eigenvalue weighted by atomic mass is 9.92. The fourth-order valence-corrected chi connectivity index (χ4v) is 3.65. The number of carbonyl (C=O) groups is 3. The summed E-state index contributed by atoms with van der Waals surface area (Å²) in [5.41, 5.74) is -0.303. The summed E-state index contributed by atoms with van der Waals surface area (Å²) in [7, 11) is 0. The Hall–Kier alpha value is -2.91. The Morgan fingerprint density at radius 3 is 2.82 bits per heavy atom. The highest BCUT2D eigenvalue weighted by Gasteiger charge is 2.35. The van der Waals surface area contributed by atoms with Crippen LogP contribution in [0.4, 0.5) is 11.8 Å². The number of nitrogens with one attached hydrogen (secondary N) is 3. The van der Waals surface area contributed by atoms with Crippen LogP contribution in [0.15, 0.2) is 4.79 Å². The highest BCUT2D eigenvalue weighted by Crippen LogP contribution is 2.30. The second-order valence-corrected chi connectivity index (χ2v) is 6.89. The monoisotopic (exact) mass is 391 g/mol. The molecule has 0 saturated carbocycles. The van der Waals surface area contributed by atoms with Gasteiger partial charge in [-0.15, -0.1) is 0 Å². The number of anilines is 2. The van der Waals surface area contributed by atoms with E-state index in [1.165, 1.54) is 0 Å². The van der Waals surface area contributed by atoms with E-state index in [4.69, 9.17) is 4.74 Å². The molecule has 3 heterocycles. The van der Waals surface area contributed by atoms with Crippen LogP contribution in [0.3, 0.4) is 0 Å². The van der Waals surface area contributed by atoms with Gasteiger partial charge in [0.05, 0.1) is 24.0 Å². The number of carbonyl (C=O) groups excluding carboxylic acids is 3. The summed E-state index contributed by atoms with van der Waals surface area (Å²) in [6, 6.07) is 0. The van der Waals surface area contributed by atoms with Gasteiger partial charge in [0.25, 0.3) is 5.56 Å². The Morgan fingerprint density at radius 2 is 2.11 bits per heavy atom. The van der Waals surface area contributed by atoms with Crippen molar-refractivity contribution in [2.75, 3.05) is 36.5 Å². The minimum absolute atomic E-state index is 0.0996. The summed E-state index contributed by atoms with van der Waals surface area (Å²) in [6.45, 7) is 5.23. The van der Waals surface area contributed by atoms with Crippen LogP contribution in [-0.2, 0) is 19.1 Å². The van der Waals surface area contributed by atoms with Crippen molar-refractivity contribution in [3.63, 3.8) is 0 Å². The average Bonchev–Trinajstić information content (AvgIpc) is 2.67. The van der Waals surface area contributed by atoms with E-state index in [0.717, 1.165) is 6.42 Å². The van der Waals surface area contributed by atoms with Gasteiger partial charge in [0.2, 0.25) is 17.8 Å². The van der Waals surface area contributed by atoms with Gasteiger partial charge in [-0.25, -0.2) is 0 Å². The van der Waals surface area contributed by atoms with Gasteiger partial charge >= 0.3 is 5.97 Å². The number of rotatable bonds is 5. The molecule has 2 aliphatic heterocycles. The third-order valence-corrected chi connectivity index (χ3v) is 4.95. The van der Waals surface area contributed by atoms with Crippen molar-refractivity contribution in [2.24, 2.45) is 5.92 Å². The molecule has 3 N–H and O–H groups in total. The Morgan fingerprint density at radius 1 is 1.32 bits per heavy atom. The van der Waals surface area contributed by atoms with E-state index in [1.807, 2.05) is 0 Å². The lowest BCUT2D eigenvalue weighted by Gasteiger charge is -2.32. The molecule has 0 aromatic carbocycles. The molecule has 2 amide bonds. The average molecular weight is 391 g/mol. The number of H-pyrrole nitrogens is 1. The van der Waals surface area contributed by atoms with E-state index in [9.17, 15) is 19.2 Å². The Bertz CT molecular complexity index is 836. The molecule has 28 heavy (non-hydrogen) atoms. The van der Waals surface area contributed by atoms with Crippen LogP contribution in [0.25, 0.3) is 0 Å². The molecule has 0 spiro atoms. The molecule has 1 saturated heterocycles. The molecule has 1 fully saturated rings. The minimum Gasteiger partial charge on any atom is -0.466 e. The second kappa shape index (κ2) is 8.41. The number of likely N-dealkylation sites (N-methyl/N-ethyl adjacent to an activating group) is 1. The highest BCUT2D eigenvalue weighted by molar-refractivity contribution is 6.00. The first-order valence-corrected chi connectivity index (χ1v) is 9.57. The Kier molecular flexibility index (Phi) is 5.96. The molecular weight excluding hydrogens is 366 g/mol. The molecule has 0 bridgehead atoms. The van der Waals surface area contributed by atoms with Gasteiger partial charge in [0.1, 0.15) is 5.82 Å². The van der Waals surface area contributed by atoms with Crippen molar-refractivity contribution in [2.45, 2.75) is 39.0 Å². The molecule has 1 aromatic heterocycles. The van der Waals surface area contributed by atoms with Gasteiger partial charge in [-0.2, -0.15) is 4.98 Å². The number of aromatic nitrogens is 2. The lowest BCUT2D eigenvalue weighted by molar-refractivity contribution is -0.148. The van der Waals surface area contributed by atoms with Gasteiger partial charge in [0, 0.05) is 26.1 Å². The predicted octanol–water partition coefficient (Wildman–Crippen LogP) is 0.111. The number of hydrogen-bond donors (Lipinski definition) is 3. The van der Waals surface area contributed by atoms with Gasteiger partial charge in [-0.1, -0.05) is 0 Å². The first kappa shape index (κ1) is 19.8. The van der Waals surface area contributed by atoms with Gasteiger partial charge < -0.3 is 20.3 Å². The molecule has 10 nitrogen and oxygen atoms in total. The summed E-state index contributed by atoms with van der Waals surface area (Å²) >= 11 is 0. The molecule has 2 atom stereocenters. The second-order valence-electron chi connectivity index (χ2n) is 6.89. The van der Waals surface area contributed by atoms with Crippen LogP contribution in [0.2, 0.25) is 0 Å². The maximum absolute atomic E-state index is 12.7. The van der Waals surface area contributed by atoms with Crippen molar-refractivity contribution in [1.29, 1.82) is 0 Å². The fraction of sp³-hybridized carbons (Fsp3) is 0.611. The first-order chi connectivity index (χ1) is 13.4. The van der Waals surface area contributed by atoms with E-state index in [2.05, 4.69) is 20.6 Å². The molecule has 2 aliphatic rings. The van der Waals surface area contributed by atoms with Crippen LogP contribution in [0, 0.1) is 5.92 Å². The third kappa shape index (κ3) is 4.00. The number of amides is 2. The number of ether oxygens (including phenoxy) is 1. The van der Waals surface area contributed by atoms with E-state index in [0.29, 0.717) is 32.7 Å². The molecule has 3 rings (SSSR count). The van der Waals surface area contributed by atoms with E-state index >= 15 is 0 Å². The van der Waals surface area contributed by atoms with Crippen LogP contribution >= 0.6 is 0 Å². The quantitative estimate of drug-likeness (QED) is 0.607. The number of aromatic amines is 1. The largest absolute Gasteiger partial charge is 0.466 e. The number of piperidine rings is 1. The maximum atomic E-state index is 12.7. The summed E-state index contributed by atoms with van der Waals surface area (Å²) in [5.74, 6) is -1.80. The van der Waals surface area contributed by atoms with Crippen molar-refractivity contribution >= 4 is 29.5 Å². The predicted molar refractivity (Wildman–Crippen MR) is 101 cm³/mol. The molecule has 1 aromatic rings. The van der Waals surface area contributed by atoms with E-state index in [-0.39, 0.29) is 47.5 Å². The summed E-state index contributed by atoms with van der Waals surface area (Å²) in [4.78, 5) is 58.0. The Balaban J connectivity index is 1.89. The van der Waals surface area contributed by atoms with Crippen LogP contribution in [-0.4, -0.2) is 54.0 Å². The van der Waals surface area contributed by atoms with E-state index < -0.39 is 11.5 Å². The number of nitrogens with zero attached hydrogens (tertiary/aromatic N) is 2. The smallest absolute Gasteiger partial charge is 0.310 e. The number of fused-ring (bicyclic) bond motifs is 1. The van der Waals surface area contributed by atoms with Crippen molar-refractivity contribution in [3.05, 3.63) is 15.9 Å². The molecule has 10 heteroatoms. The van der Waals surface area contributed by atoms with Crippen LogP contribution in [0.1, 0.15) is 44.6 Å². The zero-order valence-electron chi connectivity index (χ0n) is 16.0. The van der Waals surface area contributed by atoms with Gasteiger partial charge in [-0.05, 0) is 26.7 Å². The van der Waals surface area contributed by atoms with Crippen molar-refractivity contribution < 1.29 is 19.1 Å². The van der Waals surface area contributed by atoms with Gasteiger partial charge in [0.15, 0.2) is 0 Å². The fourth-order valence-electron chi connectivity index (χ4n) is 3.65. The van der Waals surface area contributed by atoms with Crippen molar-refractivity contribution in [1.82, 2.24) is 15.3 Å². The molecule has 152 valence electrons. The van der Waals surface area contributed by atoms with E-state index in [1.54, 1.807) is 18.7 Å². The molecule has 0 aliphatic carbocycles. The molecule has 2 unspecified atom stereocenters. The first-order valence-electron chi connectivity index (χ1n) is 9.57. The zero-order valence-corrected chi connectivity index (χ0v) is 16.0. The van der Waals surface area contributed by atoms with Gasteiger partial charge in [-0.3, -0.25) is 24.2 Å². The molecular formula is C18H25N5O5. The summed E-state index contributed by atoms with van der Waals surface area (Å²) in [5, 5.41) is 5.24. The Labute approximate surface area is 162 Å². The molecule has 0 radical (unpaired) electrons. The van der Waals surface area contributed by atoms with Crippen molar-refractivity contribution in [3.8, 4) is 0 Å². The maximum Gasteiger partial charge on any atom is 0.310 e. The number of esters is 1. The highest BCUT2D eigenvalue weighted by atomic mass is 16.5. The topological polar surface area (TPSA) is 133 Å². The van der Waals surface area contributed by atoms with Crippen LogP contribution < -0.4 is 21.1 Å².